The second-order valence-corrected chi connectivity index (χ2v) is 2.45. The van der Waals surface area contributed by atoms with Crippen molar-refractivity contribution in [1.82, 2.24) is 4.98 Å². The average Bonchev–Trinajstić information content (AvgIpc) is 2.21. The lowest BCUT2D eigenvalue weighted by molar-refractivity contribution is 0.468. The van der Waals surface area contributed by atoms with Gasteiger partial charge in [0.25, 0.3) is 0 Å². The Kier molecular flexibility index (Phi) is 2.18. The highest BCUT2D eigenvalue weighted by atomic mass is 16.3. The van der Waals surface area contributed by atoms with E-state index in [-0.39, 0.29) is 0 Å². The van der Waals surface area contributed by atoms with E-state index in [1.807, 2.05) is 30.3 Å². The minimum atomic E-state index is 0.369. The Balaban J connectivity index is 2.43. The van der Waals surface area contributed by atoms with E-state index in [9.17, 15) is 0 Å². The number of hydrogen-bond donors (Lipinski definition) is 0. The van der Waals surface area contributed by atoms with Crippen LogP contribution in [0.25, 0.3) is 0 Å². The van der Waals surface area contributed by atoms with Crippen molar-refractivity contribution >= 4 is 5.69 Å². The lowest BCUT2D eigenvalue weighted by atomic mass is 10.3. The van der Waals surface area contributed by atoms with Crippen molar-refractivity contribution in [2.75, 3.05) is 0 Å². The fraction of sp³-hybridized carbons (Fsp3) is 0. The van der Waals surface area contributed by atoms with E-state index in [1.165, 1.54) is 0 Å². The van der Waals surface area contributed by atoms with Crippen LogP contribution in [-0.4, -0.2) is 4.98 Å². The summed E-state index contributed by atoms with van der Waals surface area (Å²) in [5.74, 6) is 0. The molecule has 1 aromatic heterocycles. The minimum Gasteiger partial charge on any atom is -0.432 e. The van der Waals surface area contributed by atoms with Gasteiger partial charge in [0.1, 0.15) is 0 Å². The normalized spacial score (nSPS) is 11.5. The van der Waals surface area contributed by atoms with Crippen molar-refractivity contribution in [3.05, 3.63) is 54.5 Å². The van der Waals surface area contributed by atoms with E-state index in [0.29, 0.717) is 5.68 Å². The first-order valence-corrected chi connectivity index (χ1v) is 3.95. The first-order valence-electron chi connectivity index (χ1n) is 3.95. The summed E-state index contributed by atoms with van der Waals surface area (Å²) in [4.78, 5) is 8.10. The molecule has 0 saturated carbocycles. The zero-order valence-electron chi connectivity index (χ0n) is 6.92. The molecule has 64 valence electrons. The van der Waals surface area contributed by atoms with Crippen LogP contribution in [0.3, 0.4) is 0 Å². The number of aromatic nitrogens is 1. The molecule has 0 atom stereocenters. The lowest BCUT2D eigenvalue weighted by Crippen LogP contribution is -2.02. The van der Waals surface area contributed by atoms with Crippen molar-refractivity contribution in [2.24, 2.45) is 4.99 Å². The van der Waals surface area contributed by atoms with Crippen molar-refractivity contribution < 1.29 is 4.42 Å². The van der Waals surface area contributed by atoms with E-state index in [0.717, 1.165) is 5.69 Å². The summed E-state index contributed by atoms with van der Waals surface area (Å²) in [6, 6.07) is 11.3. The number of rotatable bonds is 1. The fourth-order valence-electron chi connectivity index (χ4n) is 0.941. The van der Waals surface area contributed by atoms with Crippen LogP contribution in [-0.2, 0) is 0 Å². The summed E-state index contributed by atoms with van der Waals surface area (Å²) in [7, 11) is 0. The van der Waals surface area contributed by atoms with Gasteiger partial charge >= 0.3 is 5.68 Å². The molecule has 0 N–H and O–H groups in total. The van der Waals surface area contributed by atoms with E-state index in [4.69, 9.17) is 4.42 Å². The van der Waals surface area contributed by atoms with Crippen molar-refractivity contribution in [3.63, 3.8) is 0 Å². The van der Waals surface area contributed by atoms with Crippen LogP contribution in [0.15, 0.2) is 58.3 Å². The smallest absolute Gasteiger partial charge is 0.321 e. The number of para-hydroxylation sites is 1. The summed E-state index contributed by atoms with van der Waals surface area (Å²) in [5, 5.41) is 0. The summed E-state index contributed by atoms with van der Waals surface area (Å²) >= 11 is 0. The van der Waals surface area contributed by atoms with Crippen LogP contribution in [0.1, 0.15) is 0 Å². The molecule has 0 spiro atoms. The molecule has 0 amide bonds. The second-order valence-electron chi connectivity index (χ2n) is 2.45. The predicted molar refractivity (Wildman–Crippen MR) is 48.2 cm³/mol. The molecule has 0 unspecified atom stereocenters. The first-order chi connectivity index (χ1) is 6.45. The van der Waals surface area contributed by atoms with Crippen LogP contribution in [0.5, 0.6) is 0 Å². The van der Waals surface area contributed by atoms with Crippen LogP contribution < -0.4 is 5.68 Å². The molecule has 2 rings (SSSR count). The molecular weight excluding hydrogens is 164 g/mol. The number of hydrogen-bond acceptors (Lipinski definition) is 3. The fourth-order valence-corrected chi connectivity index (χ4v) is 0.941. The topological polar surface area (TPSA) is 38.4 Å². The average molecular weight is 172 g/mol. The highest BCUT2D eigenvalue weighted by Gasteiger charge is 1.86. The van der Waals surface area contributed by atoms with Gasteiger partial charge in [-0.05, 0) is 18.2 Å². The Morgan fingerprint density at radius 1 is 1.08 bits per heavy atom. The maximum Gasteiger partial charge on any atom is 0.321 e. The third-order valence-electron chi connectivity index (χ3n) is 1.50. The summed E-state index contributed by atoms with van der Waals surface area (Å²) in [6.07, 6.45) is 3.19. The Bertz CT molecular complexity index is 416. The zero-order valence-corrected chi connectivity index (χ0v) is 6.92. The molecule has 13 heavy (non-hydrogen) atoms. The molecular formula is C10H8N2O. The Labute approximate surface area is 75.4 Å². The van der Waals surface area contributed by atoms with Gasteiger partial charge in [-0.15, -0.1) is 0 Å². The Morgan fingerprint density at radius 2 is 1.92 bits per heavy atom. The molecule has 0 aliphatic rings. The second kappa shape index (κ2) is 3.67. The highest BCUT2D eigenvalue weighted by Crippen LogP contribution is 2.07. The van der Waals surface area contributed by atoms with Gasteiger partial charge in [0, 0.05) is 6.20 Å². The quantitative estimate of drug-likeness (QED) is 0.659. The van der Waals surface area contributed by atoms with E-state index in [1.54, 1.807) is 18.5 Å². The standard InChI is InChI=1S/C10H8N2O/c1-2-5-9(6-3-1)12-10-11-7-4-8-13-10/h1-8H. The summed E-state index contributed by atoms with van der Waals surface area (Å²) < 4.78 is 5.05. The van der Waals surface area contributed by atoms with Gasteiger partial charge in [0.2, 0.25) is 0 Å². The molecule has 0 aliphatic carbocycles. The molecule has 1 heterocycles. The molecule has 0 fully saturated rings. The highest BCUT2D eigenvalue weighted by molar-refractivity contribution is 5.35. The molecule has 2 aromatic rings. The van der Waals surface area contributed by atoms with Crippen molar-refractivity contribution in [2.45, 2.75) is 0 Å². The van der Waals surface area contributed by atoms with Gasteiger partial charge < -0.3 is 4.42 Å². The van der Waals surface area contributed by atoms with E-state index >= 15 is 0 Å². The SMILES string of the molecule is c1ccc(N=c2nccco2)cc1. The molecule has 1 aromatic carbocycles. The van der Waals surface area contributed by atoms with Gasteiger partial charge in [-0.2, -0.15) is 4.99 Å². The maximum absolute atomic E-state index is 5.05. The van der Waals surface area contributed by atoms with Crippen LogP contribution in [0.2, 0.25) is 0 Å². The van der Waals surface area contributed by atoms with Gasteiger partial charge in [-0.1, -0.05) is 18.2 Å². The Hall–Kier alpha value is -1.90. The van der Waals surface area contributed by atoms with Gasteiger partial charge in [0.15, 0.2) is 0 Å². The minimum absolute atomic E-state index is 0.369. The molecule has 0 radical (unpaired) electrons. The molecule has 3 nitrogen and oxygen atoms in total. The molecule has 3 heteroatoms. The lowest BCUT2D eigenvalue weighted by Gasteiger charge is -1.88. The molecule has 0 saturated heterocycles. The maximum atomic E-state index is 5.05. The van der Waals surface area contributed by atoms with Crippen LogP contribution in [0, 0.1) is 0 Å². The first kappa shape index (κ1) is 7.73. The summed E-state index contributed by atoms with van der Waals surface area (Å²) in [6.45, 7) is 0. The van der Waals surface area contributed by atoms with Crippen LogP contribution >= 0.6 is 0 Å². The predicted octanol–water partition coefficient (Wildman–Crippen LogP) is 1.91. The van der Waals surface area contributed by atoms with Crippen molar-refractivity contribution in [1.29, 1.82) is 0 Å². The van der Waals surface area contributed by atoms with Gasteiger partial charge in [-0.3, -0.25) is 0 Å². The third-order valence-corrected chi connectivity index (χ3v) is 1.50. The molecule has 0 bridgehead atoms. The van der Waals surface area contributed by atoms with Crippen molar-refractivity contribution in [3.8, 4) is 0 Å². The molecule has 0 aliphatic heterocycles. The summed E-state index contributed by atoms with van der Waals surface area (Å²) in [5.41, 5.74) is 1.21. The van der Waals surface area contributed by atoms with Crippen LogP contribution in [0.4, 0.5) is 5.69 Å². The van der Waals surface area contributed by atoms with E-state index in [2.05, 4.69) is 9.98 Å². The third kappa shape index (κ3) is 2.02. The zero-order chi connectivity index (χ0) is 8.93. The van der Waals surface area contributed by atoms with Gasteiger partial charge in [-0.25, -0.2) is 4.98 Å². The number of benzene rings is 1. The number of nitrogens with zero attached hydrogens (tertiary/aromatic N) is 2. The largest absolute Gasteiger partial charge is 0.432 e. The van der Waals surface area contributed by atoms with E-state index < -0.39 is 0 Å². The monoisotopic (exact) mass is 172 g/mol. The Morgan fingerprint density at radius 3 is 2.62 bits per heavy atom. The van der Waals surface area contributed by atoms with Gasteiger partial charge in [0.05, 0.1) is 12.0 Å².